The minimum Gasteiger partial charge on any atom is -0.494 e. The zero-order chi connectivity index (χ0) is 90.0. The molecular weight excluding hydrogens is 1640 g/mol. The number of aryl methyl sites for hydroxylation is 8. The van der Waals surface area contributed by atoms with Crippen LogP contribution in [0.15, 0.2) is 117 Å². The fourth-order valence-electron chi connectivity index (χ4n) is 13.5. The molecule has 0 aliphatic heterocycles. The van der Waals surface area contributed by atoms with Crippen LogP contribution in [-0.4, -0.2) is 208 Å². The van der Waals surface area contributed by atoms with Gasteiger partial charge >= 0.3 is 11.9 Å². The van der Waals surface area contributed by atoms with Crippen molar-refractivity contribution in [3.63, 3.8) is 0 Å². The number of carbonyl (C=O) groups excluding carboxylic acids is 10. The predicted molar refractivity (Wildman–Crippen MR) is 456 cm³/mol. The number of nitrogens with zero attached hydrogens (tertiary/aromatic N) is 6. The Bertz CT molecular complexity index is 5530. The first-order chi connectivity index (χ1) is 58.5. The zero-order valence-electron chi connectivity index (χ0n) is 71.0. The standard InChI is InChI=1S/C82H109N19O20S2/c1-14-60(76(109)86-28-26-84-67(102)18-16-34-120-54-36-48(3)72(49(4)37-54)122(114,115)96-63(79(112)118-12)44-90-74(107)58-46-100(10)65-40-52(20-22-56(65)70(58)105)42-92-81-88-30-32-98(81)8)94-69(104)25-24-62(83-7)78(111)95-61(15-2)77(110)87-29-27-85-68(103)19-17-35-121-55-38-50(5)73(51(6)39-55)123(116,117)97-64(80(113)119-13)45-91-75(108)59-47-101(11)66-41-53(21-23-57(66)71(59)106)43-93-82-89-31-33-99(82)9/h20-23,30-33,36-41,46-47,60-64,83,96-97H,14-19,24-29,34-35,42-45H2,1-13H3,(H,84,102)(H,85,103)(H,86,109)(H,87,110)(H,88,92)(H,89,93)(H,90,107)(H,91,108)(H,94,104)(H,95,111)/t60-,61-,62-,63-,64-/m0/s1. The quantitative estimate of drug-likeness (QED) is 0.0190. The van der Waals surface area contributed by atoms with Crippen LogP contribution in [0.5, 0.6) is 11.5 Å². The highest BCUT2D eigenvalue weighted by molar-refractivity contribution is 7.90. The molecule has 0 aliphatic carbocycles. The van der Waals surface area contributed by atoms with Crippen LogP contribution in [0.4, 0.5) is 11.9 Å². The SMILES string of the molecule is CC[C@H](NC(=O)CC[C@H](NC)C(=O)N[C@@H](CC)C(=O)NCCNC(=O)CCCOc1cc(C)c(S(=O)(=O)N[C@@H](CNC(=O)c2cn(C)c3cc(CNc4nccn4C)ccc3c2=O)C(=O)OC)c(C)c1)C(=O)NCCNC(=O)CCCOc1cc(C)c(S(=O)(=O)N[C@@H](CNC(=O)c2cn(C)c3cc(CNc4nccn4C)ccc3c2=O)C(=O)OC)c(C)c1. The first-order valence-electron chi connectivity index (χ1n) is 39.8. The molecule has 5 atom stereocenters. The number of hydrogen-bond acceptors (Lipinski definition) is 25. The van der Waals surface area contributed by atoms with Gasteiger partial charge in [0.05, 0.1) is 54.3 Å². The number of nitrogens with one attached hydrogen (secondary N) is 13. The third-order valence-electron chi connectivity index (χ3n) is 20.0. The van der Waals surface area contributed by atoms with Crippen molar-refractivity contribution < 1.29 is 83.7 Å². The number of likely N-dealkylation sites (N-methyl/N-ethyl adjacent to an activating group) is 1. The molecule has 0 fully saturated rings. The highest BCUT2D eigenvalue weighted by Gasteiger charge is 2.34. The molecule has 39 nitrogen and oxygen atoms in total. The van der Waals surface area contributed by atoms with E-state index in [0.29, 0.717) is 47.5 Å². The van der Waals surface area contributed by atoms with E-state index >= 15 is 0 Å². The molecule has 8 amide bonds. The number of esters is 2. The van der Waals surface area contributed by atoms with Gasteiger partial charge in [0, 0.05) is 148 Å². The molecule has 0 radical (unpaired) electrons. The number of imidazole rings is 2. The van der Waals surface area contributed by atoms with E-state index in [0.717, 1.165) is 25.3 Å². The maximum absolute atomic E-state index is 13.9. The van der Waals surface area contributed by atoms with Crippen molar-refractivity contribution in [3.05, 3.63) is 163 Å². The van der Waals surface area contributed by atoms with Crippen molar-refractivity contribution in [2.24, 2.45) is 28.2 Å². The molecule has 0 saturated heterocycles. The fourth-order valence-corrected chi connectivity index (χ4v) is 16.8. The van der Waals surface area contributed by atoms with Gasteiger partial charge in [0.25, 0.3) is 11.8 Å². The summed E-state index contributed by atoms with van der Waals surface area (Å²) >= 11 is 0. The molecule has 13 N–H and O–H groups in total. The minimum absolute atomic E-state index is 0.00400. The highest BCUT2D eigenvalue weighted by atomic mass is 32.2. The normalized spacial score (nSPS) is 12.7. The number of methoxy groups -OCH3 is 2. The topological polar surface area (TPSA) is 512 Å². The van der Waals surface area contributed by atoms with Gasteiger partial charge in [-0.3, -0.25) is 57.5 Å². The van der Waals surface area contributed by atoms with Gasteiger partial charge in [0.15, 0.2) is 0 Å². The smallest absolute Gasteiger partial charge is 0.325 e. The largest absolute Gasteiger partial charge is 0.494 e. The number of hydrogen-bond donors (Lipinski definition) is 13. The summed E-state index contributed by atoms with van der Waals surface area (Å²) in [5.41, 5.74) is 2.22. The lowest BCUT2D eigenvalue weighted by molar-refractivity contribution is -0.143. The number of fused-ring (bicyclic) bond motifs is 2. The molecular formula is C82H109N19O20S2. The van der Waals surface area contributed by atoms with E-state index in [4.69, 9.17) is 18.9 Å². The van der Waals surface area contributed by atoms with Gasteiger partial charge in [-0.2, -0.15) is 9.44 Å². The molecule has 0 unspecified atom stereocenters. The van der Waals surface area contributed by atoms with Crippen molar-refractivity contribution in [2.45, 2.75) is 146 Å². The van der Waals surface area contributed by atoms with E-state index in [2.05, 4.69) is 77.9 Å². The summed E-state index contributed by atoms with van der Waals surface area (Å²) in [4.78, 5) is 167. The van der Waals surface area contributed by atoms with Crippen molar-refractivity contribution in [2.75, 3.05) is 84.4 Å². The summed E-state index contributed by atoms with van der Waals surface area (Å²) in [6.45, 7) is 9.48. The van der Waals surface area contributed by atoms with Gasteiger partial charge < -0.3 is 95.7 Å². The Morgan fingerprint density at radius 3 is 1.22 bits per heavy atom. The van der Waals surface area contributed by atoms with Gasteiger partial charge in [-0.05, 0) is 149 Å². The van der Waals surface area contributed by atoms with E-state index in [-0.39, 0.29) is 157 Å². The van der Waals surface area contributed by atoms with Crippen molar-refractivity contribution in [1.29, 1.82) is 0 Å². The van der Waals surface area contributed by atoms with Crippen LogP contribution in [0, 0.1) is 27.7 Å². The summed E-state index contributed by atoms with van der Waals surface area (Å²) in [5, 5.41) is 31.0. The molecule has 4 aromatic carbocycles. The Labute approximate surface area is 711 Å². The Balaban J connectivity index is 0.675. The van der Waals surface area contributed by atoms with E-state index in [1.165, 1.54) is 71.4 Å². The molecule has 0 saturated carbocycles. The van der Waals surface area contributed by atoms with Gasteiger partial charge in [0.1, 0.15) is 46.8 Å². The molecule has 8 aromatic rings. The predicted octanol–water partition coefficient (Wildman–Crippen LogP) is 1.46. The molecule has 0 bridgehead atoms. The van der Waals surface area contributed by atoms with Crippen LogP contribution in [-0.2, 0) is 109 Å². The lowest BCUT2D eigenvalue weighted by Gasteiger charge is -2.22. The van der Waals surface area contributed by atoms with Gasteiger partial charge in [0.2, 0.25) is 78.2 Å². The van der Waals surface area contributed by atoms with Crippen molar-refractivity contribution in [3.8, 4) is 11.5 Å². The van der Waals surface area contributed by atoms with Crippen LogP contribution < -0.4 is 88.3 Å². The van der Waals surface area contributed by atoms with Crippen LogP contribution in [0.25, 0.3) is 21.8 Å². The van der Waals surface area contributed by atoms with Gasteiger partial charge in [-0.1, -0.05) is 26.0 Å². The molecule has 0 aliphatic rings. The number of rotatable bonds is 47. The monoisotopic (exact) mass is 1740 g/mol. The maximum atomic E-state index is 13.9. The van der Waals surface area contributed by atoms with Crippen LogP contribution in [0.3, 0.4) is 0 Å². The molecule has 123 heavy (non-hydrogen) atoms. The van der Waals surface area contributed by atoms with E-state index in [1.807, 2.05) is 35.4 Å². The zero-order valence-corrected chi connectivity index (χ0v) is 72.7. The number of amides is 8. The Morgan fingerprint density at radius 1 is 0.463 bits per heavy atom. The lowest BCUT2D eigenvalue weighted by atomic mass is 10.1. The number of sulfonamides is 2. The minimum atomic E-state index is -4.46. The summed E-state index contributed by atoms with van der Waals surface area (Å²) in [5.74, 6) is -4.58. The second-order valence-electron chi connectivity index (χ2n) is 29.2. The Hall–Kier alpha value is -12.6. The second kappa shape index (κ2) is 44.8. The molecule has 8 rings (SSSR count). The maximum Gasteiger partial charge on any atom is 0.325 e. The second-order valence-corrected chi connectivity index (χ2v) is 32.6. The number of anilines is 2. The van der Waals surface area contributed by atoms with Crippen molar-refractivity contribution in [1.82, 2.24) is 85.5 Å². The number of benzene rings is 4. The lowest BCUT2D eigenvalue weighted by Crippen LogP contribution is -2.53. The summed E-state index contributed by atoms with van der Waals surface area (Å²) in [6.07, 6.45) is 10.5. The Kier molecular flexibility index (Phi) is 34.9. The first kappa shape index (κ1) is 95.9. The fraction of sp³-hybridized carbons (Fsp3) is 0.439. The van der Waals surface area contributed by atoms with E-state index < -0.39 is 122 Å². The Morgan fingerprint density at radius 2 is 0.854 bits per heavy atom. The highest BCUT2D eigenvalue weighted by Crippen LogP contribution is 2.29. The molecule has 4 heterocycles. The number of pyridine rings is 2. The van der Waals surface area contributed by atoms with Crippen LogP contribution >= 0.6 is 0 Å². The first-order valence-corrected chi connectivity index (χ1v) is 42.8. The third-order valence-corrected chi connectivity index (χ3v) is 23.6. The summed E-state index contributed by atoms with van der Waals surface area (Å²) in [7, 11) is 1.75. The van der Waals surface area contributed by atoms with E-state index in [9.17, 15) is 74.4 Å². The van der Waals surface area contributed by atoms with Gasteiger partial charge in [-0.15, -0.1) is 0 Å². The number of aromatic nitrogens is 6. The summed E-state index contributed by atoms with van der Waals surface area (Å²) in [6, 6.07) is 10.3. The van der Waals surface area contributed by atoms with Crippen molar-refractivity contribution >= 4 is 113 Å². The van der Waals surface area contributed by atoms with Crippen LogP contribution in [0.1, 0.15) is 119 Å². The number of ether oxygens (including phenoxy) is 4. The summed E-state index contributed by atoms with van der Waals surface area (Å²) < 4.78 is 88.7. The van der Waals surface area contributed by atoms with Crippen LogP contribution in [0.2, 0.25) is 0 Å². The number of carbonyl (C=O) groups is 10. The third kappa shape index (κ3) is 26.5. The molecule has 0 spiro atoms. The molecule has 4 aromatic heterocycles. The average molecular weight is 1750 g/mol. The average Bonchev–Trinajstić information content (AvgIpc) is 1.29. The van der Waals surface area contributed by atoms with E-state index in [1.54, 1.807) is 86.1 Å². The molecule has 664 valence electrons. The van der Waals surface area contributed by atoms with Gasteiger partial charge in [-0.25, -0.2) is 26.8 Å². The molecule has 41 heteroatoms.